The van der Waals surface area contributed by atoms with Crippen LogP contribution in [0.25, 0.3) is 11.8 Å². The van der Waals surface area contributed by atoms with Gasteiger partial charge in [-0.25, -0.2) is 4.68 Å². The van der Waals surface area contributed by atoms with Crippen molar-refractivity contribution in [3.05, 3.63) is 58.4 Å². The van der Waals surface area contributed by atoms with E-state index in [-0.39, 0.29) is 5.69 Å². The topological polar surface area (TPSA) is 84.8 Å². The van der Waals surface area contributed by atoms with E-state index < -0.39 is 4.92 Å². The number of nitro benzene ring substituents is 1. The minimum absolute atomic E-state index is 0.0172. The van der Waals surface area contributed by atoms with Gasteiger partial charge in [0.25, 0.3) is 5.69 Å². The lowest BCUT2D eigenvalue weighted by Crippen LogP contribution is -1.99. The van der Waals surface area contributed by atoms with Crippen LogP contribution < -0.4 is 0 Å². The summed E-state index contributed by atoms with van der Waals surface area (Å²) in [6.07, 6.45) is 6.06. The predicted molar refractivity (Wildman–Crippen MR) is 64.9 cm³/mol. The first-order chi connectivity index (χ1) is 8.72. The number of para-hydroxylation sites is 2. The number of nitriles is 1. The fourth-order valence-corrected chi connectivity index (χ4v) is 1.50. The minimum Gasteiger partial charge on any atom is -0.258 e. The molecule has 1 heterocycles. The highest BCUT2D eigenvalue weighted by Gasteiger charge is 2.14. The molecule has 2 aromatic rings. The third-order valence-corrected chi connectivity index (χ3v) is 2.28. The summed E-state index contributed by atoms with van der Waals surface area (Å²) in [6.45, 7) is 0. The molecule has 0 saturated carbocycles. The first-order valence-electron chi connectivity index (χ1n) is 5.07. The Balaban J connectivity index is 2.44. The maximum Gasteiger partial charge on any atom is 0.294 e. The van der Waals surface area contributed by atoms with Gasteiger partial charge in [0.15, 0.2) is 0 Å². The summed E-state index contributed by atoms with van der Waals surface area (Å²) >= 11 is 0. The summed E-state index contributed by atoms with van der Waals surface area (Å²) in [5.74, 6) is 0. The van der Waals surface area contributed by atoms with Crippen molar-refractivity contribution in [2.75, 3.05) is 0 Å². The smallest absolute Gasteiger partial charge is 0.258 e. The maximum absolute atomic E-state index is 10.9. The molecule has 6 nitrogen and oxygen atoms in total. The first kappa shape index (κ1) is 11.5. The zero-order valence-electron chi connectivity index (χ0n) is 9.22. The lowest BCUT2D eigenvalue weighted by atomic mass is 10.2. The lowest BCUT2D eigenvalue weighted by Gasteiger charge is -2.01. The van der Waals surface area contributed by atoms with Crippen molar-refractivity contribution in [3.63, 3.8) is 0 Å². The molecule has 6 heteroatoms. The number of nitro groups is 1. The summed E-state index contributed by atoms with van der Waals surface area (Å²) < 4.78 is 1.41. The Kier molecular flexibility index (Phi) is 3.16. The van der Waals surface area contributed by atoms with E-state index in [2.05, 4.69) is 5.10 Å². The van der Waals surface area contributed by atoms with E-state index in [1.165, 1.54) is 23.0 Å². The predicted octanol–water partition coefficient (Wildman–Crippen LogP) is 2.32. The van der Waals surface area contributed by atoms with Gasteiger partial charge in [0.1, 0.15) is 5.69 Å². The standard InChI is InChI=1S/C12H8N4O2/c13-7-3-4-10-8-14-15(9-10)11-5-1-2-6-12(11)16(17)18/h1-6,8-9H. The van der Waals surface area contributed by atoms with Crippen LogP contribution in [0.4, 0.5) is 5.69 Å². The van der Waals surface area contributed by atoms with Gasteiger partial charge < -0.3 is 0 Å². The van der Waals surface area contributed by atoms with Crippen molar-refractivity contribution >= 4 is 11.8 Å². The number of hydrogen-bond donors (Lipinski definition) is 0. The van der Waals surface area contributed by atoms with Gasteiger partial charge >= 0.3 is 0 Å². The molecule has 0 aliphatic carbocycles. The fraction of sp³-hybridized carbons (Fsp3) is 0. The molecule has 1 aromatic carbocycles. The molecule has 0 bridgehead atoms. The monoisotopic (exact) mass is 240 g/mol. The SMILES string of the molecule is N#CC=Cc1cnn(-c2ccccc2[N+](=O)[O-])c1. The van der Waals surface area contributed by atoms with Crippen LogP contribution in [0.3, 0.4) is 0 Å². The summed E-state index contributed by atoms with van der Waals surface area (Å²) in [6, 6.07) is 8.20. The van der Waals surface area contributed by atoms with Crippen LogP contribution in [0.15, 0.2) is 42.7 Å². The van der Waals surface area contributed by atoms with Gasteiger partial charge in [-0.15, -0.1) is 0 Å². The van der Waals surface area contributed by atoms with Gasteiger partial charge in [-0.2, -0.15) is 10.4 Å². The molecule has 1 aromatic heterocycles. The summed E-state index contributed by atoms with van der Waals surface area (Å²) in [5, 5.41) is 23.3. The Morgan fingerprint density at radius 3 is 2.94 bits per heavy atom. The maximum atomic E-state index is 10.9. The molecule has 0 spiro atoms. The second-order valence-electron chi connectivity index (χ2n) is 3.43. The number of aromatic nitrogens is 2. The molecule has 0 aliphatic heterocycles. The Bertz CT molecular complexity index is 652. The highest BCUT2D eigenvalue weighted by Crippen LogP contribution is 2.21. The zero-order valence-corrected chi connectivity index (χ0v) is 9.22. The van der Waals surface area contributed by atoms with Crippen LogP contribution in [0.1, 0.15) is 5.56 Å². The van der Waals surface area contributed by atoms with Crippen LogP contribution in [0.2, 0.25) is 0 Å². The lowest BCUT2D eigenvalue weighted by molar-refractivity contribution is -0.384. The average Bonchev–Trinajstić information content (AvgIpc) is 2.85. The molecule has 0 atom stereocenters. The van der Waals surface area contributed by atoms with Crippen molar-refractivity contribution in [1.29, 1.82) is 5.26 Å². The third-order valence-electron chi connectivity index (χ3n) is 2.28. The number of hydrogen-bond acceptors (Lipinski definition) is 4. The molecule has 0 saturated heterocycles. The van der Waals surface area contributed by atoms with E-state index in [0.717, 1.165) is 0 Å². The highest BCUT2D eigenvalue weighted by atomic mass is 16.6. The molecule has 0 amide bonds. The molecule has 2 rings (SSSR count). The van der Waals surface area contributed by atoms with Crippen molar-refractivity contribution < 1.29 is 4.92 Å². The molecule has 0 fully saturated rings. The zero-order chi connectivity index (χ0) is 13.0. The van der Waals surface area contributed by atoms with E-state index in [0.29, 0.717) is 11.3 Å². The Morgan fingerprint density at radius 2 is 2.22 bits per heavy atom. The summed E-state index contributed by atoms with van der Waals surface area (Å²) in [7, 11) is 0. The third kappa shape index (κ3) is 2.25. The Hall–Kier alpha value is -2.94. The van der Waals surface area contributed by atoms with Crippen LogP contribution in [-0.4, -0.2) is 14.7 Å². The van der Waals surface area contributed by atoms with Crippen LogP contribution in [0.5, 0.6) is 0 Å². The molecule has 0 radical (unpaired) electrons. The number of allylic oxidation sites excluding steroid dienone is 1. The van der Waals surface area contributed by atoms with Gasteiger partial charge in [-0.05, 0) is 12.1 Å². The first-order valence-corrected chi connectivity index (χ1v) is 5.07. The van der Waals surface area contributed by atoms with Gasteiger partial charge in [0.2, 0.25) is 0 Å². The van der Waals surface area contributed by atoms with Gasteiger partial charge in [0, 0.05) is 23.9 Å². The molecule has 18 heavy (non-hydrogen) atoms. The molecular formula is C12H8N4O2. The van der Waals surface area contributed by atoms with Gasteiger partial charge in [-0.3, -0.25) is 10.1 Å². The minimum atomic E-state index is -0.457. The van der Waals surface area contributed by atoms with Gasteiger partial charge in [-0.1, -0.05) is 12.1 Å². The fourth-order valence-electron chi connectivity index (χ4n) is 1.50. The van der Waals surface area contributed by atoms with Crippen LogP contribution >= 0.6 is 0 Å². The van der Waals surface area contributed by atoms with Crippen molar-refractivity contribution in [3.8, 4) is 11.8 Å². The Morgan fingerprint density at radius 1 is 1.44 bits per heavy atom. The molecular weight excluding hydrogens is 232 g/mol. The van der Waals surface area contributed by atoms with E-state index in [9.17, 15) is 10.1 Å². The van der Waals surface area contributed by atoms with Crippen LogP contribution in [-0.2, 0) is 0 Å². The molecule has 0 unspecified atom stereocenters. The van der Waals surface area contributed by atoms with Gasteiger partial charge in [0.05, 0.1) is 17.2 Å². The summed E-state index contributed by atoms with van der Waals surface area (Å²) in [4.78, 5) is 10.4. The summed E-state index contributed by atoms with van der Waals surface area (Å²) in [5.41, 5.74) is 1.07. The normalized spacial score (nSPS) is 10.4. The number of nitrogens with zero attached hydrogens (tertiary/aromatic N) is 4. The van der Waals surface area contributed by atoms with Crippen molar-refractivity contribution in [2.45, 2.75) is 0 Å². The number of rotatable bonds is 3. The largest absolute Gasteiger partial charge is 0.294 e. The van der Waals surface area contributed by atoms with Crippen molar-refractivity contribution in [2.24, 2.45) is 0 Å². The second kappa shape index (κ2) is 4.93. The average molecular weight is 240 g/mol. The van der Waals surface area contributed by atoms with E-state index in [4.69, 9.17) is 5.26 Å². The van der Waals surface area contributed by atoms with E-state index in [1.807, 2.05) is 6.07 Å². The molecule has 0 aliphatic rings. The molecule has 88 valence electrons. The molecule has 0 N–H and O–H groups in total. The van der Waals surface area contributed by atoms with Crippen LogP contribution in [0, 0.1) is 21.4 Å². The van der Waals surface area contributed by atoms with E-state index in [1.54, 1.807) is 30.5 Å². The van der Waals surface area contributed by atoms with E-state index >= 15 is 0 Å². The van der Waals surface area contributed by atoms with Crippen molar-refractivity contribution in [1.82, 2.24) is 9.78 Å². The second-order valence-corrected chi connectivity index (χ2v) is 3.43. The highest BCUT2D eigenvalue weighted by molar-refractivity contribution is 5.54. The quantitative estimate of drug-likeness (QED) is 0.468. The number of benzene rings is 1. The Labute approximate surface area is 103 Å².